The number of nitrogens with zero attached hydrogens (tertiary/aromatic N) is 1. The SMILES string of the molecule is O=C(O)N1CC(OCc2ccc(F)cc2)C1. The van der Waals surface area contributed by atoms with Gasteiger partial charge in [-0.05, 0) is 17.7 Å². The van der Waals surface area contributed by atoms with E-state index in [0.29, 0.717) is 19.7 Å². The van der Waals surface area contributed by atoms with Crippen LogP contribution in [-0.2, 0) is 11.3 Å². The zero-order chi connectivity index (χ0) is 11.5. The summed E-state index contributed by atoms with van der Waals surface area (Å²) in [7, 11) is 0. The summed E-state index contributed by atoms with van der Waals surface area (Å²) < 4.78 is 18.0. The van der Waals surface area contributed by atoms with Crippen molar-refractivity contribution < 1.29 is 19.0 Å². The molecule has 0 saturated carbocycles. The Bertz CT molecular complexity index is 373. The smallest absolute Gasteiger partial charge is 0.407 e. The highest BCUT2D eigenvalue weighted by Gasteiger charge is 2.30. The van der Waals surface area contributed by atoms with Crippen molar-refractivity contribution in [3.8, 4) is 0 Å². The average Bonchev–Trinajstić information content (AvgIpc) is 2.18. The third kappa shape index (κ3) is 2.49. The Kier molecular flexibility index (Phi) is 3.05. The van der Waals surface area contributed by atoms with Crippen LogP contribution in [0.3, 0.4) is 0 Å². The van der Waals surface area contributed by atoms with Crippen LogP contribution in [0.15, 0.2) is 24.3 Å². The van der Waals surface area contributed by atoms with Crippen molar-refractivity contribution in [2.75, 3.05) is 13.1 Å². The number of amides is 1. The van der Waals surface area contributed by atoms with Gasteiger partial charge in [-0.25, -0.2) is 9.18 Å². The first kappa shape index (κ1) is 10.9. The predicted molar refractivity (Wildman–Crippen MR) is 54.6 cm³/mol. The van der Waals surface area contributed by atoms with Crippen LogP contribution >= 0.6 is 0 Å². The maximum absolute atomic E-state index is 12.6. The molecule has 1 saturated heterocycles. The van der Waals surface area contributed by atoms with Gasteiger partial charge in [0.15, 0.2) is 0 Å². The van der Waals surface area contributed by atoms with Gasteiger partial charge >= 0.3 is 6.09 Å². The molecule has 0 bridgehead atoms. The fourth-order valence-corrected chi connectivity index (χ4v) is 1.49. The maximum atomic E-state index is 12.6. The van der Waals surface area contributed by atoms with Crippen LogP contribution in [0.5, 0.6) is 0 Å². The van der Waals surface area contributed by atoms with Crippen LogP contribution in [-0.4, -0.2) is 35.3 Å². The minimum atomic E-state index is -0.915. The standard InChI is InChI=1S/C11H12FNO3/c12-9-3-1-8(2-4-9)7-16-10-5-13(6-10)11(14)15/h1-4,10H,5-7H2,(H,14,15). The molecule has 1 fully saturated rings. The molecule has 1 amide bonds. The van der Waals surface area contributed by atoms with Gasteiger partial charge in [-0.1, -0.05) is 12.1 Å². The van der Waals surface area contributed by atoms with E-state index in [1.807, 2.05) is 0 Å². The van der Waals surface area contributed by atoms with Crippen molar-refractivity contribution >= 4 is 6.09 Å². The molecule has 86 valence electrons. The van der Waals surface area contributed by atoms with Gasteiger partial charge in [-0.2, -0.15) is 0 Å². The van der Waals surface area contributed by atoms with E-state index in [4.69, 9.17) is 9.84 Å². The molecule has 0 atom stereocenters. The van der Waals surface area contributed by atoms with E-state index in [0.717, 1.165) is 5.56 Å². The number of hydrogen-bond donors (Lipinski definition) is 1. The molecule has 1 aliphatic rings. The van der Waals surface area contributed by atoms with Crippen LogP contribution in [0.4, 0.5) is 9.18 Å². The molecule has 0 unspecified atom stereocenters. The first-order valence-corrected chi connectivity index (χ1v) is 4.99. The Labute approximate surface area is 92.2 Å². The molecule has 4 nitrogen and oxygen atoms in total. The van der Waals surface area contributed by atoms with E-state index >= 15 is 0 Å². The summed E-state index contributed by atoms with van der Waals surface area (Å²) in [5.74, 6) is -0.274. The summed E-state index contributed by atoms with van der Waals surface area (Å²) in [6.45, 7) is 1.21. The second-order valence-electron chi connectivity index (χ2n) is 3.75. The largest absolute Gasteiger partial charge is 0.465 e. The monoisotopic (exact) mass is 225 g/mol. The lowest BCUT2D eigenvalue weighted by atomic mass is 10.2. The Morgan fingerprint density at radius 2 is 2.06 bits per heavy atom. The van der Waals surface area contributed by atoms with E-state index < -0.39 is 6.09 Å². The second kappa shape index (κ2) is 4.49. The molecule has 0 aliphatic carbocycles. The van der Waals surface area contributed by atoms with Crippen molar-refractivity contribution in [1.29, 1.82) is 0 Å². The van der Waals surface area contributed by atoms with Crippen LogP contribution < -0.4 is 0 Å². The molecule has 1 aliphatic heterocycles. The molecule has 1 aromatic rings. The summed E-state index contributed by atoms with van der Waals surface area (Å²) in [5.41, 5.74) is 0.884. The quantitative estimate of drug-likeness (QED) is 0.851. The Morgan fingerprint density at radius 1 is 1.44 bits per heavy atom. The second-order valence-corrected chi connectivity index (χ2v) is 3.75. The molecular formula is C11H12FNO3. The Balaban J connectivity index is 1.73. The molecule has 0 radical (unpaired) electrons. The average molecular weight is 225 g/mol. The zero-order valence-electron chi connectivity index (χ0n) is 8.60. The first-order chi connectivity index (χ1) is 7.65. The number of carboxylic acid groups (broad SMARTS) is 1. The van der Waals surface area contributed by atoms with Gasteiger partial charge < -0.3 is 14.7 Å². The molecule has 2 rings (SSSR count). The minimum Gasteiger partial charge on any atom is -0.465 e. The van der Waals surface area contributed by atoms with Crippen LogP contribution in [0, 0.1) is 5.82 Å². The van der Waals surface area contributed by atoms with Crippen LogP contribution in [0.2, 0.25) is 0 Å². The van der Waals surface area contributed by atoms with Gasteiger partial charge in [0, 0.05) is 0 Å². The fraction of sp³-hybridized carbons (Fsp3) is 0.364. The van der Waals surface area contributed by atoms with Gasteiger partial charge in [0.1, 0.15) is 5.82 Å². The van der Waals surface area contributed by atoms with Crippen molar-refractivity contribution in [1.82, 2.24) is 4.90 Å². The summed E-state index contributed by atoms with van der Waals surface area (Å²) in [5, 5.41) is 8.60. The molecule has 0 aromatic heterocycles. The van der Waals surface area contributed by atoms with Gasteiger partial charge in [-0.3, -0.25) is 0 Å². The lowest BCUT2D eigenvalue weighted by molar-refractivity contribution is -0.0522. The topological polar surface area (TPSA) is 49.8 Å². The number of hydrogen-bond acceptors (Lipinski definition) is 2. The van der Waals surface area contributed by atoms with Crippen LogP contribution in [0.1, 0.15) is 5.56 Å². The highest BCUT2D eigenvalue weighted by Crippen LogP contribution is 2.14. The van der Waals surface area contributed by atoms with Crippen molar-refractivity contribution in [2.45, 2.75) is 12.7 Å². The van der Waals surface area contributed by atoms with Crippen molar-refractivity contribution in [2.24, 2.45) is 0 Å². The lowest BCUT2D eigenvalue weighted by Crippen LogP contribution is -2.54. The number of benzene rings is 1. The van der Waals surface area contributed by atoms with E-state index in [2.05, 4.69) is 0 Å². The highest BCUT2D eigenvalue weighted by atomic mass is 19.1. The number of rotatable bonds is 3. The first-order valence-electron chi connectivity index (χ1n) is 4.99. The number of halogens is 1. The van der Waals surface area contributed by atoms with Crippen molar-refractivity contribution in [3.63, 3.8) is 0 Å². The number of ether oxygens (including phenoxy) is 1. The molecular weight excluding hydrogens is 213 g/mol. The van der Waals surface area contributed by atoms with Gasteiger partial charge in [0.2, 0.25) is 0 Å². The summed E-state index contributed by atoms with van der Waals surface area (Å²) in [6.07, 6.45) is -0.956. The summed E-state index contributed by atoms with van der Waals surface area (Å²) in [4.78, 5) is 11.8. The van der Waals surface area contributed by atoms with E-state index in [9.17, 15) is 9.18 Å². The van der Waals surface area contributed by atoms with E-state index in [1.165, 1.54) is 17.0 Å². The lowest BCUT2D eigenvalue weighted by Gasteiger charge is -2.36. The van der Waals surface area contributed by atoms with Gasteiger partial charge in [-0.15, -0.1) is 0 Å². The Morgan fingerprint density at radius 3 is 2.62 bits per heavy atom. The molecule has 16 heavy (non-hydrogen) atoms. The van der Waals surface area contributed by atoms with Crippen molar-refractivity contribution in [3.05, 3.63) is 35.6 Å². The zero-order valence-corrected chi connectivity index (χ0v) is 8.60. The highest BCUT2D eigenvalue weighted by molar-refractivity contribution is 5.66. The number of carbonyl (C=O) groups is 1. The Hall–Kier alpha value is -1.62. The molecule has 1 N–H and O–H groups in total. The molecule has 5 heteroatoms. The minimum absolute atomic E-state index is 0.0406. The fourth-order valence-electron chi connectivity index (χ4n) is 1.49. The normalized spacial score (nSPS) is 15.9. The molecule has 0 spiro atoms. The van der Waals surface area contributed by atoms with Gasteiger partial charge in [0.05, 0.1) is 25.8 Å². The third-order valence-corrected chi connectivity index (χ3v) is 2.52. The third-order valence-electron chi connectivity index (χ3n) is 2.52. The van der Waals surface area contributed by atoms with Gasteiger partial charge in [0.25, 0.3) is 0 Å². The predicted octanol–water partition coefficient (Wildman–Crippen LogP) is 1.70. The maximum Gasteiger partial charge on any atom is 0.407 e. The van der Waals surface area contributed by atoms with E-state index in [1.54, 1.807) is 12.1 Å². The molecule has 1 aromatic carbocycles. The van der Waals surface area contributed by atoms with Crippen LogP contribution in [0.25, 0.3) is 0 Å². The van der Waals surface area contributed by atoms with E-state index in [-0.39, 0.29) is 11.9 Å². The number of likely N-dealkylation sites (tertiary alicyclic amines) is 1. The summed E-state index contributed by atoms with van der Waals surface area (Å²) in [6, 6.07) is 6.07. The molecule has 1 heterocycles. The summed E-state index contributed by atoms with van der Waals surface area (Å²) >= 11 is 0.